The number of rotatable bonds is 3. The lowest BCUT2D eigenvalue weighted by molar-refractivity contribution is 0.593. The second-order valence-corrected chi connectivity index (χ2v) is 5.80. The molecular formula is C14H17BrClN. The van der Waals surface area contributed by atoms with Crippen LogP contribution in [-0.2, 0) is 0 Å². The van der Waals surface area contributed by atoms with E-state index < -0.39 is 0 Å². The standard InChI is InChI=1S/C14H17BrClN/c1-17-14(10-5-3-2-4-6-10)11-7-12(15)9-13(16)8-11/h5,7-9,14,17H,2-4,6H2,1H3. The summed E-state index contributed by atoms with van der Waals surface area (Å²) in [6.07, 6.45) is 7.38. The summed E-state index contributed by atoms with van der Waals surface area (Å²) in [6, 6.07) is 6.41. The summed E-state index contributed by atoms with van der Waals surface area (Å²) in [6.45, 7) is 0. The Kier molecular flexibility index (Phi) is 4.66. The van der Waals surface area contributed by atoms with Gasteiger partial charge in [-0.1, -0.05) is 39.2 Å². The van der Waals surface area contributed by atoms with Gasteiger partial charge in [-0.25, -0.2) is 0 Å². The quantitative estimate of drug-likeness (QED) is 0.785. The minimum absolute atomic E-state index is 0.297. The molecule has 1 nitrogen and oxygen atoms in total. The third kappa shape index (κ3) is 3.34. The van der Waals surface area contributed by atoms with Crippen LogP contribution in [0.5, 0.6) is 0 Å². The zero-order valence-corrected chi connectivity index (χ0v) is 12.3. The van der Waals surface area contributed by atoms with Crippen LogP contribution in [0.2, 0.25) is 5.02 Å². The number of nitrogens with one attached hydrogen (secondary N) is 1. The van der Waals surface area contributed by atoms with E-state index in [1.807, 2.05) is 19.2 Å². The molecule has 0 radical (unpaired) electrons. The van der Waals surface area contributed by atoms with Crippen molar-refractivity contribution in [2.24, 2.45) is 0 Å². The molecule has 1 aliphatic carbocycles. The van der Waals surface area contributed by atoms with Gasteiger partial charge in [-0.2, -0.15) is 0 Å². The maximum atomic E-state index is 6.11. The number of likely N-dealkylation sites (N-methyl/N-ethyl adjacent to an activating group) is 1. The highest BCUT2D eigenvalue weighted by Gasteiger charge is 2.17. The molecular weight excluding hydrogens is 298 g/mol. The van der Waals surface area contributed by atoms with Crippen molar-refractivity contribution >= 4 is 27.5 Å². The number of halogens is 2. The van der Waals surface area contributed by atoms with E-state index in [-0.39, 0.29) is 0 Å². The van der Waals surface area contributed by atoms with Gasteiger partial charge in [0.15, 0.2) is 0 Å². The van der Waals surface area contributed by atoms with Gasteiger partial charge >= 0.3 is 0 Å². The maximum absolute atomic E-state index is 6.11. The Bertz CT molecular complexity index is 408. The van der Waals surface area contributed by atoms with E-state index in [2.05, 4.69) is 33.4 Å². The fourth-order valence-electron chi connectivity index (χ4n) is 2.43. The van der Waals surface area contributed by atoms with Crippen molar-refractivity contribution in [3.05, 3.63) is 44.9 Å². The summed E-state index contributed by atoms with van der Waals surface area (Å²) in [5.41, 5.74) is 2.73. The molecule has 1 aromatic carbocycles. The fraction of sp³-hybridized carbons (Fsp3) is 0.429. The van der Waals surface area contributed by atoms with Crippen LogP contribution in [0.3, 0.4) is 0 Å². The first-order valence-electron chi connectivity index (χ1n) is 6.03. The summed E-state index contributed by atoms with van der Waals surface area (Å²) >= 11 is 9.62. The van der Waals surface area contributed by atoms with E-state index in [4.69, 9.17) is 11.6 Å². The highest BCUT2D eigenvalue weighted by molar-refractivity contribution is 9.10. The molecule has 1 atom stereocenters. The number of allylic oxidation sites excluding steroid dienone is 1. The first-order chi connectivity index (χ1) is 8.20. The zero-order chi connectivity index (χ0) is 12.3. The van der Waals surface area contributed by atoms with E-state index in [0.717, 1.165) is 9.50 Å². The molecule has 92 valence electrons. The van der Waals surface area contributed by atoms with Crippen LogP contribution in [0.1, 0.15) is 37.3 Å². The van der Waals surface area contributed by atoms with Crippen molar-refractivity contribution < 1.29 is 0 Å². The van der Waals surface area contributed by atoms with Gasteiger partial charge < -0.3 is 5.32 Å². The first-order valence-corrected chi connectivity index (χ1v) is 7.20. The Hall–Kier alpha value is -0.310. The van der Waals surface area contributed by atoms with Crippen LogP contribution in [0.4, 0.5) is 0 Å². The Balaban J connectivity index is 2.31. The normalized spacial score (nSPS) is 17.7. The zero-order valence-electron chi connectivity index (χ0n) is 9.97. The Morgan fingerprint density at radius 3 is 2.71 bits per heavy atom. The van der Waals surface area contributed by atoms with Crippen LogP contribution in [0.25, 0.3) is 0 Å². The van der Waals surface area contributed by atoms with Crippen LogP contribution < -0.4 is 5.32 Å². The van der Waals surface area contributed by atoms with Gasteiger partial charge in [-0.3, -0.25) is 0 Å². The van der Waals surface area contributed by atoms with Crippen LogP contribution in [0.15, 0.2) is 34.3 Å². The summed E-state index contributed by atoms with van der Waals surface area (Å²) < 4.78 is 1.04. The highest BCUT2D eigenvalue weighted by Crippen LogP contribution is 2.32. The van der Waals surface area contributed by atoms with Gasteiger partial charge in [0.1, 0.15) is 0 Å². The van der Waals surface area contributed by atoms with Crippen LogP contribution in [0, 0.1) is 0 Å². The molecule has 1 unspecified atom stereocenters. The molecule has 1 aromatic rings. The Morgan fingerprint density at radius 2 is 2.12 bits per heavy atom. The number of hydrogen-bond acceptors (Lipinski definition) is 1. The average Bonchev–Trinajstić information content (AvgIpc) is 2.30. The largest absolute Gasteiger partial charge is 0.310 e. The van der Waals surface area contributed by atoms with Gasteiger partial charge in [-0.05, 0) is 56.5 Å². The molecule has 2 rings (SSSR count). The molecule has 17 heavy (non-hydrogen) atoms. The molecule has 1 aliphatic rings. The van der Waals surface area contributed by atoms with E-state index in [1.165, 1.54) is 36.8 Å². The monoisotopic (exact) mass is 313 g/mol. The molecule has 0 aliphatic heterocycles. The summed E-state index contributed by atoms with van der Waals surface area (Å²) in [7, 11) is 2.01. The maximum Gasteiger partial charge on any atom is 0.0534 e. The van der Waals surface area contributed by atoms with Crippen molar-refractivity contribution in [2.45, 2.75) is 31.7 Å². The van der Waals surface area contributed by atoms with Crippen LogP contribution in [-0.4, -0.2) is 7.05 Å². The van der Waals surface area contributed by atoms with Gasteiger partial charge in [0.05, 0.1) is 6.04 Å². The van der Waals surface area contributed by atoms with E-state index in [1.54, 1.807) is 0 Å². The molecule has 0 fully saturated rings. The minimum atomic E-state index is 0.297. The highest BCUT2D eigenvalue weighted by atomic mass is 79.9. The lowest BCUT2D eigenvalue weighted by Crippen LogP contribution is -2.19. The molecule has 0 spiro atoms. The van der Waals surface area contributed by atoms with E-state index >= 15 is 0 Å². The second-order valence-electron chi connectivity index (χ2n) is 4.45. The fourth-order valence-corrected chi connectivity index (χ4v) is 3.32. The second kappa shape index (κ2) is 6.03. The molecule has 0 bridgehead atoms. The lowest BCUT2D eigenvalue weighted by Gasteiger charge is -2.23. The topological polar surface area (TPSA) is 12.0 Å². The lowest BCUT2D eigenvalue weighted by atomic mass is 9.90. The number of benzene rings is 1. The average molecular weight is 315 g/mol. The van der Waals surface area contributed by atoms with Crippen molar-refractivity contribution in [1.82, 2.24) is 5.32 Å². The SMILES string of the molecule is CNC(C1=CCCCC1)c1cc(Cl)cc(Br)c1. The molecule has 0 saturated carbocycles. The Labute approximate surface area is 116 Å². The van der Waals surface area contributed by atoms with Gasteiger partial charge in [0.25, 0.3) is 0 Å². The van der Waals surface area contributed by atoms with Gasteiger partial charge in [0.2, 0.25) is 0 Å². The van der Waals surface area contributed by atoms with Gasteiger partial charge in [0, 0.05) is 9.50 Å². The van der Waals surface area contributed by atoms with Crippen molar-refractivity contribution in [2.75, 3.05) is 7.05 Å². The predicted octanol–water partition coefficient (Wildman–Crippen LogP) is 4.86. The molecule has 0 aromatic heterocycles. The van der Waals surface area contributed by atoms with Gasteiger partial charge in [-0.15, -0.1) is 0 Å². The molecule has 0 amide bonds. The first kappa shape index (κ1) is 13.1. The molecule has 0 saturated heterocycles. The van der Waals surface area contributed by atoms with Crippen molar-refractivity contribution in [3.8, 4) is 0 Å². The van der Waals surface area contributed by atoms with Crippen molar-refractivity contribution in [3.63, 3.8) is 0 Å². The molecule has 1 N–H and O–H groups in total. The van der Waals surface area contributed by atoms with E-state index in [0.29, 0.717) is 6.04 Å². The third-order valence-electron chi connectivity index (χ3n) is 3.20. The van der Waals surface area contributed by atoms with Crippen molar-refractivity contribution in [1.29, 1.82) is 0 Å². The van der Waals surface area contributed by atoms with Crippen LogP contribution >= 0.6 is 27.5 Å². The molecule has 0 heterocycles. The van der Waals surface area contributed by atoms with E-state index in [9.17, 15) is 0 Å². The Morgan fingerprint density at radius 1 is 1.29 bits per heavy atom. The minimum Gasteiger partial charge on any atom is -0.310 e. The molecule has 3 heteroatoms. The predicted molar refractivity (Wildman–Crippen MR) is 77.5 cm³/mol. The summed E-state index contributed by atoms with van der Waals surface area (Å²) in [5.74, 6) is 0. The summed E-state index contributed by atoms with van der Waals surface area (Å²) in [5, 5.41) is 4.18. The number of hydrogen-bond donors (Lipinski definition) is 1. The smallest absolute Gasteiger partial charge is 0.0534 e. The summed E-state index contributed by atoms with van der Waals surface area (Å²) in [4.78, 5) is 0. The third-order valence-corrected chi connectivity index (χ3v) is 3.88.